The minimum Gasteiger partial charge on any atom is -0.465 e. The summed E-state index contributed by atoms with van der Waals surface area (Å²) < 4.78 is 0. The number of nitrogens with zero attached hydrogens (tertiary/aromatic N) is 3. The van der Waals surface area contributed by atoms with Crippen LogP contribution in [-0.2, 0) is 0 Å². The van der Waals surface area contributed by atoms with E-state index >= 15 is 0 Å². The third-order valence-corrected chi connectivity index (χ3v) is 4.06. The summed E-state index contributed by atoms with van der Waals surface area (Å²) >= 11 is 5.80. The normalized spacial score (nSPS) is 16.9. The molecule has 116 valence electrons. The van der Waals surface area contributed by atoms with Crippen molar-refractivity contribution < 1.29 is 9.90 Å². The maximum absolute atomic E-state index is 11.5. The second-order valence-corrected chi connectivity index (χ2v) is 6.77. The second-order valence-electron chi connectivity index (χ2n) is 6.38. The first kappa shape index (κ1) is 15.9. The van der Waals surface area contributed by atoms with E-state index in [2.05, 4.69) is 9.88 Å². The quantitative estimate of drug-likeness (QED) is 0.850. The van der Waals surface area contributed by atoms with Crippen molar-refractivity contribution in [3.05, 3.63) is 23.5 Å². The number of hydrogen-bond acceptors (Lipinski definition) is 3. The topological polar surface area (TPSA) is 56.7 Å². The lowest BCUT2D eigenvalue weighted by molar-refractivity contribution is 0.0616. The van der Waals surface area contributed by atoms with Crippen LogP contribution in [0.5, 0.6) is 0 Å². The lowest BCUT2D eigenvalue weighted by Crippen LogP contribution is -2.54. The Morgan fingerprint density at radius 3 is 2.43 bits per heavy atom. The summed E-state index contributed by atoms with van der Waals surface area (Å²) in [5.41, 5.74) is 0.663. The van der Waals surface area contributed by atoms with Gasteiger partial charge in [-0.05, 0) is 45.7 Å². The molecule has 1 N–H and O–H groups in total. The number of pyridine rings is 1. The maximum atomic E-state index is 11.5. The van der Waals surface area contributed by atoms with E-state index in [4.69, 9.17) is 11.6 Å². The molecular formula is C15H22ClN3O2. The van der Waals surface area contributed by atoms with Gasteiger partial charge in [-0.25, -0.2) is 9.78 Å². The minimum absolute atomic E-state index is 0.0685. The van der Waals surface area contributed by atoms with E-state index in [1.54, 1.807) is 17.2 Å². The Bertz CT molecular complexity index is 491. The molecule has 5 nitrogen and oxygen atoms in total. The number of carbonyl (C=O) groups is 1. The fraction of sp³-hybridized carbons (Fsp3) is 0.600. The van der Waals surface area contributed by atoms with E-state index in [0.717, 1.165) is 31.6 Å². The van der Waals surface area contributed by atoms with E-state index in [0.29, 0.717) is 5.15 Å². The Morgan fingerprint density at radius 2 is 2.00 bits per heavy atom. The largest absolute Gasteiger partial charge is 0.465 e. The van der Waals surface area contributed by atoms with Gasteiger partial charge in [0, 0.05) is 24.7 Å². The molecule has 0 saturated carbocycles. The maximum Gasteiger partial charge on any atom is 0.407 e. The van der Waals surface area contributed by atoms with Gasteiger partial charge in [-0.1, -0.05) is 11.6 Å². The number of rotatable bonds is 2. The van der Waals surface area contributed by atoms with Gasteiger partial charge >= 0.3 is 6.09 Å². The first-order valence-electron chi connectivity index (χ1n) is 7.18. The predicted molar refractivity (Wildman–Crippen MR) is 84.1 cm³/mol. The van der Waals surface area contributed by atoms with Crippen molar-refractivity contribution in [1.82, 2.24) is 9.88 Å². The standard InChI is InChI=1S/C15H22ClN3O2/c1-15(2,3)19(14(20)21)11-6-8-18(9-7-11)12-4-5-13(16)17-10-12/h4-5,10-11H,6-9H2,1-3H3,(H,20,21). The monoisotopic (exact) mass is 311 g/mol. The number of halogens is 1. The highest BCUT2D eigenvalue weighted by Crippen LogP contribution is 2.27. The SMILES string of the molecule is CC(C)(C)N(C(=O)O)C1CCN(c2ccc(Cl)nc2)CC1. The first-order valence-corrected chi connectivity index (χ1v) is 7.55. The number of piperidine rings is 1. The summed E-state index contributed by atoms with van der Waals surface area (Å²) in [6, 6.07) is 3.80. The van der Waals surface area contributed by atoms with Crippen molar-refractivity contribution in [2.45, 2.75) is 45.2 Å². The van der Waals surface area contributed by atoms with Gasteiger partial charge in [-0.3, -0.25) is 0 Å². The van der Waals surface area contributed by atoms with Crippen molar-refractivity contribution in [2.24, 2.45) is 0 Å². The molecule has 1 fully saturated rings. The molecule has 1 aliphatic heterocycles. The zero-order valence-corrected chi connectivity index (χ0v) is 13.5. The molecular weight excluding hydrogens is 290 g/mol. The van der Waals surface area contributed by atoms with Crippen LogP contribution < -0.4 is 4.90 Å². The molecule has 0 atom stereocenters. The minimum atomic E-state index is -0.839. The number of anilines is 1. The van der Waals surface area contributed by atoms with Crippen molar-refractivity contribution >= 4 is 23.4 Å². The number of amides is 1. The summed E-state index contributed by atoms with van der Waals surface area (Å²) in [6.45, 7) is 7.48. The van der Waals surface area contributed by atoms with Crippen LogP contribution in [0.4, 0.5) is 10.5 Å². The molecule has 1 amide bonds. The molecule has 0 aliphatic carbocycles. The molecule has 2 rings (SSSR count). The Balaban J connectivity index is 2.02. The van der Waals surface area contributed by atoms with Crippen molar-refractivity contribution in [3.8, 4) is 0 Å². The molecule has 1 saturated heterocycles. The summed E-state index contributed by atoms with van der Waals surface area (Å²) in [4.78, 5) is 19.4. The average Bonchev–Trinajstić information content (AvgIpc) is 2.38. The molecule has 1 aromatic heterocycles. The third kappa shape index (κ3) is 3.79. The van der Waals surface area contributed by atoms with Crippen molar-refractivity contribution in [2.75, 3.05) is 18.0 Å². The fourth-order valence-electron chi connectivity index (χ4n) is 2.93. The van der Waals surface area contributed by atoms with Gasteiger partial charge in [0.15, 0.2) is 0 Å². The van der Waals surface area contributed by atoms with Gasteiger partial charge in [0.1, 0.15) is 5.15 Å². The Hall–Kier alpha value is -1.49. The van der Waals surface area contributed by atoms with Crippen LogP contribution in [0.2, 0.25) is 5.15 Å². The summed E-state index contributed by atoms with van der Waals surface area (Å²) in [5, 5.41) is 9.95. The van der Waals surface area contributed by atoms with Gasteiger partial charge in [-0.15, -0.1) is 0 Å². The number of carboxylic acid groups (broad SMARTS) is 1. The lowest BCUT2D eigenvalue weighted by Gasteiger charge is -2.44. The number of hydrogen-bond donors (Lipinski definition) is 1. The van der Waals surface area contributed by atoms with Gasteiger partial charge in [-0.2, -0.15) is 0 Å². The Kier molecular flexibility index (Phi) is 4.61. The van der Waals surface area contributed by atoms with Crippen LogP contribution in [0.15, 0.2) is 18.3 Å². The highest BCUT2D eigenvalue weighted by Gasteiger charge is 2.35. The average molecular weight is 312 g/mol. The van der Waals surface area contributed by atoms with Gasteiger partial charge in [0.2, 0.25) is 0 Å². The van der Waals surface area contributed by atoms with Gasteiger partial charge in [0.25, 0.3) is 0 Å². The van der Waals surface area contributed by atoms with E-state index in [-0.39, 0.29) is 11.6 Å². The van der Waals surface area contributed by atoms with Crippen LogP contribution >= 0.6 is 11.6 Å². The van der Waals surface area contributed by atoms with Crippen molar-refractivity contribution in [1.29, 1.82) is 0 Å². The van der Waals surface area contributed by atoms with E-state index < -0.39 is 6.09 Å². The van der Waals surface area contributed by atoms with Gasteiger partial charge < -0.3 is 14.9 Å². The smallest absolute Gasteiger partial charge is 0.407 e. The molecule has 0 aromatic carbocycles. The highest BCUT2D eigenvalue weighted by molar-refractivity contribution is 6.29. The second kappa shape index (κ2) is 6.10. The lowest BCUT2D eigenvalue weighted by atomic mass is 9.96. The van der Waals surface area contributed by atoms with Crippen LogP contribution in [0.1, 0.15) is 33.6 Å². The Morgan fingerprint density at radius 1 is 1.38 bits per heavy atom. The van der Waals surface area contributed by atoms with Crippen LogP contribution in [0.25, 0.3) is 0 Å². The predicted octanol–water partition coefficient (Wildman–Crippen LogP) is 3.48. The summed E-state index contributed by atoms with van der Waals surface area (Å²) in [6.07, 6.45) is 2.58. The molecule has 1 aliphatic rings. The fourth-order valence-corrected chi connectivity index (χ4v) is 3.04. The third-order valence-electron chi connectivity index (χ3n) is 3.84. The van der Waals surface area contributed by atoms with E-state index in [1.165, 1.54) is 0 Å². The number of aromatic nitrogens is 1. The first-order chi connectivity index (χ1) is 9.79. The zero-order valence-electron chi connectivity index (χ0n) is 12.7. The van der Waals surface area contributed by atoms with Crippen LogP contribution in [0.3, 0.4) is 0 Å². The Labute approximate surface area is 130 Å². The van der Waals surface area contributed by atoms with E-state index in [1.807, 2.05) is 26.8 Å². The van der Waals surface area contributed by atoms with E-state index in [9.17, 15) is 9.90 Å². The highest BCUT2D eigenvalue weighted by atomic mass is 35.5. The summed E-state index contributed by atoms with van der Waals surface area (Å²) in [5.74, 6) is 0. The zero-order chi connectivity index (χ0) is 15.6. The molecule has 0 bridgehead atoms. The van der Waals surface area contributed by atoms with Crippen molar-refractivity contribution in [3.63, 3.8) is 0 Å². The molecule has 2 heterocycles. The molecule has 1 aromatic rings. The summed E-state index contributed by atoms with van der Waals surface area (Å²) in [7, 11) is 0. The molecule has 6 heteroatoms. The molecule has 21 heavy (non-hydrogen) atoms. The van der Waals surface area contributed by atoms with Crippen LogP contribution in [-0.4, -0.2) is 45.8 Å². The van der Waals surface area contributed by atoms with Gasteiger partial charge in [0.05, 0.1) is 11.9 Å². The molecule has 0 spiro atoms. The molecule has 0 radical (unpaired) electrons. The molecule has 0 unspecified atom stereocenters. The van der Waals surface area contributed by atoms with Crippen LogP contribution in [0, 0.1) is 0 Å².